The van der Waals surface area contributed by atoms with E-state index in [9.17, 15) is 9.18 Å². The summed E-state index contributed by atoms with van der Waals surface area (Å²) in [5.41, 5.74) is 11.6. The van der Waals surface area contributed by atoms with Crippen molar-refractivity contribution in [2.75, 3.05) is 48.7 Å². The Hall–Kier alpha value is -4.75. The van der Waals surface area contributed by atoms with Gasteiger partial charge in [0.05, 0.1) is 27.5 Å². The van der Waals surface area contributed by atoms with Crippen LogP contribution in [0.25, 0.3) is 0 Å². The number of nitrogens with zero attached hydrogens (tertiary/aromatic N) is 3. The summed E-state index contributed by atoms with van der Waals surface area (Å²) in [6.45, 7) is 3.15. The van der Waals surface area contributed by atoms with E-state index in [2.05, 4.69) is 30.9 Å². The molecule has 0 saturated carbocycles. The largest absolute Gasteiger partial charge is 0.493 e. The molecule has 190 valence electrons. The predicted molar refractivity (Wildman–Crippen MR) is 131 cm³/mol. The van der Waals surface area contributed by atoms with Crippen molar-refractivity contribution in [3.05, 3.63) is 24.1 Å². The Bertz CT molecular complexity index is 1330. The fourth-order valence-electron chi connectivity index (χ4n) is 3.35. The Labute approximate surface area is 205 Å². The highest BCUT2D eigenvalue weighted by atomic mass is 19.1. The highest BCUT2D eigenvalue weighted by molar-refractivity contribution is 6.02. The van der Waals surface area contributed by atoms with Crippen molar-refractivity contribution < 1.29 is 28.1 Å². The Morgan fingerprint density at radius 2 is 1.67 bits per heavy atom. The number of aromatic nitrogens is 3. The van der Waals surface area contributed by atoms with Crippen LogP contribution < -0.4 is 46.4 Å². The number of hydrogen-bond acceptors (Lipinski definition) is 12. The van der Waals surface area contributed by atoms with Gasteiger partial charge in [0.2, 0.25) is 11.7 Å². The molecule has 4 rings (SSSR count). The number of carbonyl (C=O) groups is 1. The van der Waals surface area contributed by atoms with Crippen LogP contribution in [0, 0.1) is 5.82 Å². The molecule has 0 fully saturated rings. The van der Waals surface area contributed by atoms with E-state index in [0.29, 0.717) is 22.9 Å². The van der Waals surface area contributed by atoms with Crippen LogP contribution >= 0.6 is 0 Å². The second-order valence-corrected chi connectivity index (χ2v) is 8.09. The highest BCUT2D eigenvalue weighted by Crippen LogP contribution is 2.44. The quantitative estimate of drug-likeness (QED) is 0.320. The van der Waals surface area contributed by atoms with Crippen molar-refractivity contribution in [2.24, 2.45) is 0 Å². The first kappa shape index (κ1) is 24.4. The Balaban J connectivity index is 1.66. The van der Waals surface area contributed by atoms with Crippen LogP contribution in [-0.2, 0) is 4.79 Å². The molecule has 1 aliphatic heterocycles. The van der Waals surface area contributed by atoms with Crippen LogP contribution in [0.15, 0.2) is 18.3 Å². The number of anilines is 7. The van der Waals surface area contributed by atoms with Gasteiger partial charge in [-0.1, -0.05) is 0 Å². The summed E-state index contributed by atoms with van der Waals surface area (Å²) in [7, 11) is 4.45. The number of amides is 1. The number of fused-ring (bicyclic) bond motifs is 1. The molecule has 0 spiro atoms. The lowest BCUT2D eigenvalue weighted by Crippen LogP contribution is -2.46. The molecule has 0 atom stereocenters. The first-order valence-electron chi connectivity index (χ1n) is 10.5. The summed E-state index contributed by atoms with van der Waals surface area (Å²) < 4.78 is 36.2. The number of pyridine rings is 1. The molecule has 14 heteroatoms. The van der Waals surface area contributed by atoms with Crippen LogP contribution in [0.1, 0.15) is 13.8 Å². The van der Waals surface area contributed by atoms with E-state index < -0.39 is 17.3 Å². The third kappa shape index (κ3) is 4.35. The molecular weight excluding hydrogens is 475 g/mol. The maximum Gasteiger partial charge on any atom is 0.269 e. The van der Waals surface area contributed by atoms with Crippen molar-refractivity contribution in [3.8, 4) is 23.0 Å². The highest BCUT2D eigenvalue weighted by Gasteiger charge is 2.38. The van der Waals surface area contributed by atoms with E-state index in [1.807, 2.05) is 0 Å². The van der Waals surface area contributed by atoms with Gasteiger partial charge in [-0.25, -0.2) is 14.4 Å². The average molecular weight is 500 g/mol. The van der Waals surface area contributed by atoms with Crippen molar-refractivity contribution in [1.82, 2.24) is 15.0 Å². The van der Waals surface area contributed by atoms with E-state index in [1.165, 1.54) is 21.3 Å². The van der Waals surface area contributed by atoms with Crippen molar-refractivity contribution in [3.63, 3.8) is 0 Å². The molecule has 0 aliphatic carbocycles. The SMILES string of the molecule is COc1cc(Nc2ncc(F)c(Nc3nc4c(c(N)c3N)OC(C)(C)C(=O)N4)n2)cc(OC)c1OC. The number of methoxy groups -OCH3 is 3. The molecule has 3 aromatic rings. The van der Waals surface area contributed by atoms with E-state index in [1.54, 1.807) is 26.0 Å². The van der Waals surface area contributed by atoms with Gasteiger partial charge in [-0.2, -0.15) is 4.98 Å². The van der Waals surface area contributed by atoms with Crippen LogP contribution in [0.3, 0.4) is 0 Å². The molecule has 1 aromatic carbocycles. The molecule has 0 unspecified atom stereocenters. The standard InChI is InChI=1S/C22H25FN8O5/c1-22(2)20(32)30-19-16(36-22)13(24)14(25)18(29-19)28-17-10(23)8-26-21(31-17)27-9-6-11(33-3)15(35-5)12(7-9)34-4/h6-8H,25H2,1-5H3,(H5,24,26,27,28,29,30,31,32). The van der Waals surface area contributed by atoms with Crippen LogP contribution in [-0.4, -0.2) is 47.8 Å². The summed E-state index contributed by atoms with van der Waals surface area (Å²) in [4.78, 5) is 24.6. The zero-order valence-electron chi connectivity index (χ0n) is 20.1. The van der Waals surface area contributed by atoms with Crippen LogP contribution in [0.5, 0.6) is 23.0 Å². The van der Waals surface area contributed by atoms with E-state index >= 15 is 0 Å². The number of ether oxygens (including phenoxy) is 4. The number of nitrogens with one attached hydrogen (secondary N) is 3. The van der Waals surface area contributed by atoms with Gasteiger partial charge in [0.15, 0.2) is 46.1 Å². The lowest BCUT2D eigenvalue weighted by atomic mass is 10.1. The molecule has 7 N–H and O–H groups in total. The molecular formula is C22H25FN8O5. The van der Waals surface area contributed by atoms with Gasteiger partial charge in [0.1, 0.15) is 11.4 Å². The Kier molecular flexibility index (Phi) is 6.18. The maximum absolute atomic E-state index is 14.6. The number of nitrogens with two attached hydrogens (primary N) is 2. The zero-order chi connectivity index (χ0) is 26.2. The lowest BCUT2D eigenvalue weighted by molar-refractivity contribution is -0.129. The summed E-state index contributed by atoms with van der Waals surface area (Å²) >= 11 is 0. The van der Waals surface area contributed by atoms with Gasteiger partial charge in [0.25, 0.3) is 5.91 Å². The monoisotopic (exact) mass is 500 g/mol. The van der Waals surface area contributed by atoms with Crippen molar-refractivity contribution in [2.45, 2.75) is 19.4 Å². The number of nitrogen functional groups attached to an aromatic ring is 2. The topological polar surface area (TPSA) is 181 Å². The number of carbonyl (C=O) groups excluding carboxylic acids is 1. The second-order valence-electron chi connectivity index (χ2n) is 8.09. The van der Waals surface area contributed by atoms with E-state index in [-0.39, 0.29) is 40.5 Å². The third-order valence-electron chi connectivity index (χ3n) is 5.27. The second kappa shape index (κ2) is 9.13. The Morgan fingerprint density at radius 1 is 1.00 bits per heavy atom. The molecule has 13 nitrogen and oxygen atoms in total. The minimum absolute atomic E-state index is 0.0159. The molecule has 1 aliphatic rings. The number of rotatable bonds is 7. The van der Waals surface area contributed by atoms with Gasteiger partial charge in [-0.05, 0) is 13.8 Å². The smallest absolute Gasteiger partial charge is 0.269 e. The van der Waals surface area contributed by atoms with Gasteiger partial charge in [-0.15, -0.1) is 0 Å². The molecule has 36 heavy (non-hydrogen) atoms. The fraction of sp³-hybridized carbons (Fsp3) is 0.273. The minimum Gasteiger partial charge on any atom is -0.493 e. The lowest BCUT2D eigenvalue weighted by Gasteiger charge is -2.32. The first-order valence-corrected chi connectivity index (χ1v) is 10.5. The van der Waals surface area contributed by atoms with E-state index in [0.717, 1.165) is 6.20 Å². The Morgan fingerprint density at radius 3 is 2.28 bits per heavy atom. The van der Waals surface area contributed by atoms with Crippen LogP contribution in [0.4, 0.5) is 44.9 Å². The zero-order valence-corrected chi connectivity index (χ0v) is 20.1. The van der Waals surface area contributed by atoms with Gasteiger partial charge >= 0.3 is 0 Å². The maximum atomic E-state index is 14.6. The van der Waals surface area contributed by atoms with Gasteiger partial charge in [-0.3, -0.25) is 4.79 Å². The molecule has 2 aromatic heterocycles. The summed E-state index contributed by atoms with van der Waals surface area (Å²) in [5.74, 6) is -0.105. The summed E-state index contributed by atoms with van der Waals surface area (Å²) in [6, 6.07) is 3.27. The number of hydrogen-bond donors (Lipinski definition) is 5. The summed E-state index contributed by atoms with van der Waals surface area (Å²) in [5, 5.41) is 8.26. The van der Waals surface area contributed by atoms with Crippen molar-refractivity contribution >= 4 is 46.4 Å². The first-order chi connectivity index (χ1) is 17.1. The molecule has 0 radical (unpaired) electrons. The van der Waals surface area contributed by atoms with E-state index in [4.69, 9.17) is 30.4 Å². The average Bonchev–Trinajstić information content (AvgIpc) is 2.85. The summed E-state index contributed by atoms with van der Waals surface area (Å²) in [6.07, 6.45) is 0.959. The molecule has 1 amide bonds. The molecule has 0 saturated heterocycles. The minimum atomic E-state index is -1.17. The normalized spacial score (nSPS) is 13.7. The number of benzene rings is 1. The van der Waals surface area contributed by atoms with Crippen LogP contribution in [0.2, 0.25) is 0 Å². The van der Waals surface area contributed by atoms with Gasteiger partial charge in [0, 0.05) is 17.8 Å². The molecule has 0 bridgehead atoms. The van der Waals surface area contributed by atoms with Crippen molar-refractivity contribution in [1.29, 1.82) is 0 Å². The molecule has 3 heterocycles. The van der Waals surface area contributed by atoms with Gasteiger partial charge < -0.3 is 46.4 Å². The fourth-order valence-corrected chi connectivity index (χ4v) is 3.35. The third-order valence-corrected chi connectivity index (χ3v) is 5.27. The predicted octanol–water partition coefficient (Wildman–Crippen LogP) is 2.80. The number of halogens is 1.